The molecule has 1 unspecified atom stereocenters. The Labute approximate surface area is 215 Å². The van der Waals surface area contributed by atoms with Crippen LogP contribution < -0.4 is 0 Å². The summed E-state index contributed by atoms with van der Waals surface area (Å²) in [5.41, 5.74) is -1.45. The summed E-state index contributed by atoms with van der Waals surface area (Å²) in [6.07, 6.45) is 1.16. The molecule has 13 heteroatoms. The van der Waals surface area contributed by atoms with Crippen LogP contribution in [0.5, 0.6) is 0 Å². The molecule has 0 spiro atoms. The van der Waals surface area contributed by atoms with Gasteiger partial charge >= 0.3 is 12.2 Å². The van der Waals surface area contributed by atoms with E-state index in [2.05, 4.69) is 4.98 Å². The molecular formula is C23H32N4O7S2. The number of thiophene rings is 1. The Hall–Kier alpha value is -2.77. The van der Waals surface area contributed by atoms with E-state index in [4.69, 9.17) is 9.47 Å². The van der Waals surface area contributed by atoms with Crippen LogP contribution in [0.4, 0.5) is 9.59 Å². The van der Waals surface area contributed by atoms with Crippen LogP contribution in [0.2, 0.25) is 0 Å². The largest absolute Gasteiger partial charge is 0.444 e. The molecule has 0 saturated carbocycles. The van der Waals surface area contributed by atoms with Gasteiger partial charge < -0.3 is 14.4 Å². The molecule has 1 fully saturated rings. The maximum atomic E-state index is 13.4. The summed E-state index contributed by atoms with van der Waals surface area (Å²) in [5.74, 6) is -0.549. The fourth-order valence-corrected chi connectivity index (χ4v) is 6.53. The van der Waals surface area contributed by atoms with Crippen LogP contribution in [0.1, 0.15) is 63.8 Å². The number of amides is 1. The first-order valence-corrected chi connectivity index (χ1v) is 13.7. The fourth-order valence-electron chi connectivity index (χ4n) is 3.53. The minimum atomic E-state index is -3.92. The number of aromatic nitrogens is 2. The minimum absolute atomic E-state index is 0.00764. The Morgan fingerprint density at radius 2 is 1.61 bits per heavy atom. The second-order valence-electron chi connectivity index (χ2n) is 10.5. The van der Waals surface area contributed by atoms with Gasteiger partial charge in [-0.15, -0.1) is 11.3 Å². The summed E-state index contributed by atoms with van der Waals surface area (Å²) in [7, 11) is -3.92. The standard InChI is InChI=1S/C23H32N4O7S2/c1-15-13-25(20(29)33-22(2,3)4)10-11-27(15)36(31,32)18-9-8-17(35-18)19(28)16-12-24-14-26(16)21(30)34-23(5,6)7/h8-9,12,14-15H,10-11,13H2,1-7H3. The zero-order valence-electron chi connectivity index (χ0n) is 21.5. The first-order chi connectivity index (χ1) is 16.5. The number of hydrogen-bond donors (Lipinski definition) is 0. The molecule has 1 amide bonds. The SMILES string of the molecule is CC1CN(C(=O)OC(C)(C)C)CCN1S(=O)(=O)c1ccc(C(=O)c2cncn2C(=O)OC(C)(C)C)s1. The van der Waals surface area contributed by atoms with Crippen LogP contribution in [0.15, 0.2) is 28.9 Å². The molecule has 3 heterocycles. The van der Waals surface area contributed by atoms with Gasteiger partial charge in [-0.2, -0.15) is 4.31 Å². The summed E-state index contributed by atoms with van der Waals surface area (Å²) >= 11 is 0.813. The highest BCUT2D eigenvalue weighted by Gasteiger charge is 2.37. The van der Waals surface area contributed by atoms with Gasteiger partial charge in [-0.25, -0.2) is 27.6 Å². The molecule has 0 aromatic carbocycles. The highest BCUT2D eigenvalue weighted by molar-refractivity contribution is 7.91. The Kier molecular flexibility index (Phi) is 7.68. The molecule has 3 rings (SSSR count). The number of piperazine rings is 1. The summed E-state index contributed by atoms with van der Waals surface area (Å²) in [6, 6.07) is 2.29. The maximum absolute atomic E-state index is 13.4. The van der Waals surface area contributed by atoms with E-state index in [0.717, 1.165) is 15.9 Å². The van der Waals surface area contributed by atoms with Gasteiger partial charge in [0, 0.05) is 25.7 Å². The van der Waals surface area contributed by atoms with Gasteiger partial charge in [0.15, 0.2) is 0 Å². The number of imidazole rings is 1. The smallest absolute Gasteiger partial charge is 0.420 e. The molecule has 11 nitrogen and oxygen atoms in total. The van der Waals surface area contributed by atoms with Crippen molar-refractivity contribution in [3.05, 3.63) is 35.2 Å². The third-order valence-corrected chi connectivity index (χ3v) is 8.61. The van der Waals surface area contributed by atoms with E-state index in [1.54, 1.807) is 48.5 Å². The third-order valence-electron chi connectivity index (χ3n) is 5.05. The van der Waals surface area contributed by atoms with Crippen molar-refractivity contribution in [2.24, 2.45) is 0 Å². The van der Waals surface area contributed by atoms with E-state index in [-0.39, 0.29) is 34.4 Å². The van der Waals surface area contributed by atoms with E-state index in [0.29, 0.717) is 0 Å². The molecule has 0 aliphatic carbocycles. The second kappa shape index (κ2) is 9.94. The lowest BCUT2D eigenvalue weighted by Crippen LogP contribution is -2.55. The van der Waals surface area contributed by atoms with Crippen LogP contribution >= 0.6 is 11.3 Å². The van der Waals surface area contributed by atoms with Crippen molar-refractivity contribution >= 4 is 39.3 Å². The van der Waals surface area contributed by atoms with Crippen molar-refractivity contribution < 1.29 is 32.3 Å². The maximum Gasteiger partial charge on any atom is 0.420 e. The zero-order chi connectivity index (χ0) is 27.1. The van der Waals surface area contributed by atoms with Gasteiger partial charge in [0.25, 0.3) is 10.0 Å². The average molecular weight is 541 g/mol. The lowest BCUT2D eigenvalue weighted by atomic mass is 10.2. The second-order valence-corrected chi connectivity index (χ2v) is 13.7. The molecule has 0 radical (unpaired) electrons. The molecule has 0 N–H and O–H groups in total. The summed E-state index contributed by atoms with van der Waals surface area (Å²) in [6.45, 7) is 12.6. The van der Waals surface area contributed by atoms with Crippen LogP contribution in [-0.2, 0) is 19.5 Å². The molecule has 2 aromatic heterocycles. The molecule has 198 valence electrons. The quantitative estimate of drug-likeness (QED) is 0.538. The lowest BCUT2D eigenvalue weighted by molar-refractivity contribution is 0.0143. The van der Waals surface area contributed by atoms with Gasteiger partial charge in [-0.3, -0.25) is 4.79 Å². The minimum Gasteiger partial charge on any atom is -0.444 e. The third kappa shape index (κ3) is 6.31. The summed E-state index contributed by atoms with van der Waals surface area (Å²) in [5, 5.41) is 0. The molecule has 1 atom stereocenters. The van der Waals surface area contributed by atoms with Crippen molar-refractivity contribution in [1.82, 2.24) is 18.8 Å². The topological polar surface area (TPSA) is 128 Å². The molecule has 0 bridgehead atoms. The average Bonchev–Trinajstić information content (AvgIpc) is 3.41. The van der Waals surface area contributed by atoms with Gasteiger partial charge in [0.1, 0.15) is 27.4 Å². The molecular weight excluding hydrogens is 508 g/mol. The highest BCUT2D eigenvalue weighted by atomic mass is 32.2. The predicted octanol–water partition coefficient (Wildman–Crippen LogP) is 3.59. The molecule has 1 saturated heterocycles. The van der Waals surface area contributed by atoms with E-state index in [1.807, 2.05) is 0 Å². The van der Waals surface area contributed by atoms with E-state index < -0.39 is 45.2 Å². The Morgan fingerprint density at radius 3 is 2.19 bits per heavy atom. The van der Waals surface area contributed by atoms with Crippen molar-refractivity contribution in [2.45, 2.75) is 69.9 Å². The van der Waals surface area contributed by atoms with E-state index in [9.17, 15) is 22.8 Å². The van der Waals surface area contributed by atoms with Gasteiger partial charge in [0.05, 0.1) is 11.1 Å². The van der Waals surface area contributed by atoms with Gasteiger partial charge in [0.2, 0.25) is 5.78 Å². The van der Waals surface area contributed by atoms with Crippen molar-refractivity contribution in [2.75, 3.05) is 19.6 Å². The molecule has 36 heavy (non-hydrogen) atoms. The van der Waals surface area contributed by atoms with Crippen LogP contribution in [0, 0.1) is 0 Å². The Morgan fingerprint density at radius 1 is 1.00 bits per heavy atom. The van der Waals surface area contributed by atoms with Gasteiger partial charge in [-0.05, 0) is 60.6 Å². The predicted molar refractivity (Wildman–Crippen MR) is 133 cm³/mol. The van der Waals surface area contributed by atoms with E-state index >= 15 is 0 Å². The fraction of sp³-hybridized carbons (Fsp3) is 0.565. The monoisotopic (exact) mass is 540 g/mol. The molecule has 1 aliphatic heterocycles. The number of sulfonamides is 1. The zero-order valence-corrected chi connectivity index (χ0v) is 23.1. The Balaban J connectivity index is 1.76. The number of ketones is 1. The normalized spacial score (nSPS) is 17.6. The lowest BCUT2D eigenvalue weighted by Gasteiger charge is -2.39. The van der Waals surface area contributed by atoms with Crippen molar-refractivity contribution in [1.29, 1.82) is 0 Å². The first kappa shape index (κ1) is 27.8. The number of ether oxygens (including phenoxy) is 2. The van der Waals surface area contributed by atoms with E-state index in [1.165, 1.54) is 33.9 Å². The van der Waals surface area contributed by atoms with Crippen LogP contribution in [0.25, 0.3) is 0 Å². The number of nitrogens with zero attached hydrogens (tertiary/aromatic N) is 4. The summed E-state index contributed by atoms with van der Waals surface area (Å²) in [4.78, 5) is 43.4. The number of carbonyl (C=O) groups is 3. The Bertz CT molecular complexity index is 1250. The van der Waals surface area contributed by atoms with Crippen LogP contribution in [-0.4, -0.2) is 82.0 Å². The van der Waals surface area contributed by atoms with Crippen molar-refractivity contribution in [3.63, 3.8) is 0 Å². The van der Waals surface area contributed by atoms with Gasteiger partial charge in [-0.1, -0.05) is 0 Å². The molecule has 2 aromatic rings. The number of hydrogen-bond acceptors (Lipinski definition) is 9. The highest BCUT2D eigenvalue weighted by Crippen LogP contribution is 2.29. The van der Waals surface area contributed by atoms with Crippen molar-refractivity contribution in [3.8, 4) is 0 Å². The molecule has 1 aliphatic rings. The number of carbonyl (C=O) groups excluding carboxylic acids is 3. The summed E-state index contributed by atoms with van der Waals surface area (Å²) < 4.78 is 39.7. The first-order valence-electron chi connectivity index (χ1n) is 11.4. The van der Waals surface area contributed by atoms with Crippen LogP contribution in [0.3, 0.4) is 0 Å². The number of rotatable bonds is 4.